The molecule has 2 heterocycles. The van der Waals surface area contributed by atoms with Gasteiger partial charge in [-0.05, 0) is 80.3 Å². The van der Waals surface area contributed by atoms with Crippen LogP contribution in [0.1, 0.15) is 22.3 Å². The molecule has 0 aliphatic carbocycles. The second kappa shape index (κ2) is 9.17. The topological polar surface area (TPSA) is 52.4 Å². The van der Waals surface area contributed by atoms with Crippen molar-refractivity contribution in [2.45, 2.75) is 27.7 Å². The minimum absolute atomic E-state index is 0.822. The van der Waals surface area contributed by atoms with Crippen LogP contribution in [0.3, 0.4) is 0 Å². The van der Waals surface area contributed by atoms with E-state index in [1.54, 1.807) is 0 Å². The Morgan fingerprint density at radius 3 is 2.06 bits per heavy atom. The summed E-state index contributed by atoms with van der Waals surface area (Å²) < 4.78 is 7.85. The summed E-state index contributed by atoms with van der Waals surface area (Å²) in [5.41, 5.74) is 10.7. The summed E-state index contributed by atoms with van der Waals surface area (Å²) in [5, 5.41) is 13.7. The second-order valence-electron chi connectivity index (χ2n) is 8.88. The van der Waals surface area contributed by atoms with Gasteiger partial charge in [-0.15, -0.1) is 14.5 Å². The summed E-state index contributed by atoms with van der Waals surface area (Å²) in [6.45, 7) is 8.38. The molecule has 5 rings (SSSR count). The summed E-state index contributed by atoms with van der Waals surface area (Å²) in [5.74, 6) is 0. The lowest BCUT2D eigenvalue weighted by Gasteiger charge is -2.09. The number of halogens is 2. The molecule has 0 atom stereocenters. The molecule has 2 aromatic heterocycles. The van der Waals surface area contributed by atoms with E-state index >= 15 is 0 Å². The molecule has 5 aromatic rings. The highest BCUT2D eigenvalue weighted by atomic mass is 79.9. The van der Waals surface area contributed by atoms with E-state index in [0.717, 1.165) is 65.1 Å². The number of benzene rings is 3. The molecule has 0 unspecified atom stereocenters. The molecule has 0 radical (unpaired) electrons. The van der Waals surface area contributed by atoms with Crippen LogP contribution in [0.15, 0.2) is 69.9 Å². The van der Waals surface area contributed by atoms with Gasteiger partial charge in [0.1, 0.15) is 12.7 Å². The highest BCUT2D eigenvalue weighted by Crippen LogP contribution is 2.28. The van der Waals surface area contributed by atoms with Gasteiger partial charge in [-0.1, -0.05) is 55.3 Å². The van der Waals surface area contributed by atoms with Gasteiger partial charge in [0.05, 0.1) is 17.1 Å². The largest absolute Gasteiger partial charge is 0.220 e. The lowest BCUT2D eigenvalue weighted by atomic mass is 10.1. The molecule has 0 saturated heterocycles. The number of nitrogens with zero attached hydrogens (tertiary/aromatic N) is 6. The summed E-state index contributed by atoms with van der Waals surface area (Å²) in [6.07, 6.45) is 4.06. The summed E-state index contributed by atoms with van der Waals surface area (Å²) >= 11 is 7.15. The molecule has 3 aromatic carbocycles. The summed E-state index contributed by atoms with van der Waals surface area (Å²) in [4.78, 5) is 0. The molecule has 0 saturated carbocycles. The third-order valence-corrected chi connectivity index (χ3v) is 7.06. The van der Waals surface area contributed by atoms with Gasteiger partial charge in [0.2, 0.25) is 0 Å². The minimum atomic E-state index is 0.822. The zero-order chi connectivity index (χ0) is 24.9. The lowest BCUT2D eigenvalue weighted by molar-refractivity contribution is -0.662. The average molecular weight is 593 g/mol. The maximum Gasteiger partial charge on any atom is 0.197 e. The third-order valence-electron chi connectivity index (χ3n) is 6.14. The maximum atomic E-state index is 4.76. The van der Waals surface area contributed by atoms with Crippen LogP contribution in [0.5, 0.6) is 0 Å². The fourth-order valence-electron chi connectivity index (χ4n) is 4.66. The molecule has 8 heteroatoms. The maximum absolute atomic E-state index is 4.76. The van der Waals surface area contributed by atoms with Crippen LogP contribution in [0.25, 0.3) is 33.9 Å². The first-order valence-corrected chi connectivity index (χ1v) is 12.8. The number of hydrogen-bond acceptors (Lipinski definition) is 3. The molecule has 0 N–H and O–H groups in total. The monoisotopic (exact) mass is 591 g/mol. The lowest BCUT2D eigenvalue weighted by Crippen LogP contribution is -2.35. The van der Waals surface area contributed by atoms with Gasteiger partial charge in [-0.3, -0.25) is 0 Å². The van der Waals surface area contributed by atoms with Crippen molar-refractivity contribution in [1.29, 1.82) is 0 Å². The van der Waals surface area contributed by atoms with Crippen molar-refractivity contribution < 1.29 is 4.68 Å². The van der Waals surface area contributed by atoms with Crippen LogP contribution in [-0.4, -0.2) is 24.9 Å². The van der Waals surface area contributed by atoms with Gasteiger partial charge in [0.15, 0.2) is 17.6 Å². The third kappa shape index (κ3) is 4.48. The van der Waals surface area contributed by atoms with Gasteiger partial charge in [0.25, 0.3) is 0 Å². The van der Waals surface area contributed by atoms with Gasteiger partial charge in [-0.25, -0.2) is 4.68 Å². The van der Waals surface area contributed by atoms with E-state index in [0.29, 0.717) is 0 Å². The Morgan fingerprint density at radius 2 is 1.40 bits per heavy atom. The van der Waals surface area contributed by atoms with Crippen molar-refractivity contribution in [3.8, 4) is 33.9 Å². The molecule has 0 bridgehead atoms. The minimum Gasteiger partial charge on any atom is -0.220 e. The average Bonchev–Trinajstić information content (AvgIpc) is 3.40. The van der Waals surface area contributed by atoms with Crippen LogP contribution in [0.4, 0.5) is 0 Å². The van der Waals surface area contributed by atoms with Crippen molar-refractivity contribution in [2.24, 2.45) is 7.05 Å². The van der Waals surface area contributed by atoms with E-state index in [4.69, 9.17) is 5.21 Å². The summed E-state index contributed by atoms with van der Waals surface area (Å²) in [6, 6.07) is 16.8. The van der Waals surface area contributed by atoms with Crippen LogP contribution in [0, 0.1) is 27.7 Å². The Hall–Kier alpha value is -3.10. The van der Waals surface area contributed by atoms with Crippen LogP contribution < -0.4 is 4.68 Å². The van der Waals surface area contributed by atoms with Gasteiger partial charge in [0, 0.05) is 20.1 Å². The molecule has 0 spiro atoms. The number of rotatable bonds is 4. The molecular weight excluding hydrogens is 568 g/mol. The van der Waals surface area contributed by atoms with E-state index in [1.165, 1.54) is 0 Å². The molecule has 35 heavy (non-hydrogen) atoms. The molecule has 176 valence electrons. The Bertz CT molecular complexity index is 1530. The Kier molecular flexibility index (Phi) is 6.19. The number of hydrogen-bond donors (Lipinski definition) is 0. The van der Waals surface area contributed by atoms with E-state index in [1.807, 2.05) is 33.4 Å². The van der Waals surface area contributed by atoms with Crippen LogP contribution >= 0.6 is 31.9 Å². The standard InChI is InChI=1S/C27H25Br2N6/c1-16-9-22(28)10-17(2)26(16)34-14-24(30-31-34)20-7-6-8-21(13-20)25-15-35(32-33(25)5)27-18(3)11-23(29)12-19(27)4/h6-15H,1-5H3/q+1. The molecule has 0 aliphatic rings. The van der Waals surface area contributed by atoms with Gasteiger partial charge in [-0.2, -0.15) is 0 Å². The van der Waals surface area contributed by atoms with Crippen molar-refractivity contribution >= 4 is 31.9 Å². The number of aromatic nitrogens is 6. The zero-order valence-electron chi connectivity index (χ0n) is 20.2. The Balaban J connectivity index is 1.52. The van der Waals surface area contributed by atoms with Gasteiger partial charge >= 0.3 is 0 Å². The van der Waals surface area contributed by atoms with E-state index < -0.39 is 0 Å². The molecule has 0 amide bonds. The first-order chi connectivity index (χ1) is 16.7. The molecule has 0 fully saturated rings. The smallest absolute Gasteiger partial charge is 0.197 e. The molecule has 6 nitrogen and oxygen atoms in total. The Labute approximate surface area is 221 Å². The van der Waals surface area contributed by atoms with E-state index in [-0.39, 0.29) is 0 Å². The zero-order valence-corrected chi connectivity index (χ0v) is 23.4. The quantitative estimate of drug-likeness (QED) is 0.228. The first-order valence-electron chi connectivity index (χ1n) is 11.2. The van der Waals surface area contributed by atoms with Crippen molar-refractivity contribution in [3.63, 3.8) is 0 Å². The van der Waals surface area contributed by atoms with Crippen LogP contribution in [-0.2, 0) is 7.05 Å². The van der Waals surface area contributed by atoms with E-state index in [2.05, 4.69) is 119 Å². The second-order valence-corrected chi connectivity index (χ2v) is 10.7. The van der Waals surface area contributed by atoms with Crippen molar-refractivity contribution in [2.75, 3.05) is 0 Å². The van der Waals surface area contributed by atoms with E-state index in [9.17, 15) is 0 Å². The fraction of sp³-hybridized carbons (Fsp3) is 0.185. The van der Waals surface area contributed by atoms with Crippen molar-refractivity contribution in [1.82, 2.24) is 24.9 Å². The SMILES string of the molecule is Cc1cc(Br)cc(C)c1-n1cc(-c2cccc(-c3c[n+](-c4c(C)cc(Br)cc4C)nn3C)c2)nn1. The van der Waals surface area contributed by atoms with Gasteiger partial charge < -0.3 is 0 Å². The molecular formula is C27H25Br2N6+. The predicted octanol–water partition coefficient (Wildman–Crippen LogP) is 6.37. The highest BCUT2D eigenvalue weighted by Gasteiger charge is 2.20. The summed E-state index contributed by atoms with van der Waals surface area (Å²) in [7, 11) is 1.97. The predicted molar refractivity (Wildman–Crippen MR) is 145 cm³/mol. The van der Waals surface area contributed by atoms with Crippen LogP contribution in [0.2, 0.25) is 0 Å². The van der Waals surface area contributed by atoms with Crippen molar-refractivity contribution in [3.05, 3.63) is 92.1 Å². The number of aryl methyl sites for hydroxylation is 5. The molecule has 0 aliphatic heterocycles. The normalized spacial score (nSPS) is 11.3. The fourth-order valence-corrected chi connectivity index (χ4v) is 6.03. The highest BCUT2D eigenvalue weighted by molar-refractivity contribution is 9.10. The Morgan fingerprint density at radius 1 is 0.800 bits per heavy atom. The first kappa shape index (κ1) is 23.6.